The van der Waals surface area contributed by atoms with Crippen molar-refractivity contribution in [2.75, 3.05) is 12.4 Å². The zero-order valence-corrected chi connectivity index (χ0v) is 12.8. The first-order valence-corrected chi connectivity index (χ1v) is 6.97. The fourth-order valence-electron chi connectivity index (χ4n) is 1.75. The summed E-state index contributed by atoms with van der Waals surface area (Å²) in [4.78, 5) is 13.3. The van der Waals surface area contributed by atoms with Crippen LogP contribution in [0.4, 0.5) is 19.3 Å². The van der Waals surface area contributed by atoms with E-state index in [9.17, 15) is 13.6 Å². The van der Waals surface area contributed by atoms with Crippen LogP contribution >= 0.6 is 15.9 Å². The second kappa shape index (κ2) is 6.67. The van der Waals surface area contributed by atoms with Gasteiger partial charge in [0.1, 0.15) is 0 Å². The number of carbonyl (C=O) groups excluding carboxylic acids is 1. The molecule has 0 aliphatic heterocycles. The largest absolute Gasteiger partial charge is 0.323 e. The van der Waals surface area contributed by atoms with Crippen molar-refractivity contribution in [3.05, 3.63) is 64.1 Å². The van der Waals surface area contributed by atoms with Gasteiger partial charge in [-0.05, 0) is 29.8 Å². The topological polar surface area (TPSA) is 32.3 Å². The molecule has 110 valence electrons. The number of nitrogens with zero attached hydrogens (tertiary/aromatic N) is 1. The minimum absolute atomic E-state index is 0.178. The van der Waals surface area contributed by atoms with Crippen LogP contribution in [0.5, 0.6) is 0 Å². The predicted molar refractivity (Wildman–Crippen MR) is 81.0 cm³/mol. The summed E-state index contributed by atoms with van der Waals surface area (Å²) in [6.45, 7) is 0.357. The zero-order chi connectivity index (χ0) is 15.4. The number of benzene rings is 2. The van der Waals surface area contributed by atoms with E-state index in [1.807, 2.05) is 24.3 Å². The molecule has 0 unspecified atom stereocenters. The molecule has 2 aromatic rings. The molecule has 0 aromatic heterocycles. The molecule has 0 radical (unpaired) electrons. The first kappa shape index (κ1) is 15.4. The molecule has 0 spiro atoms. The molecule has 0 fully saturated rings. The third-order valence-corrected chi connectivity index (χ3v) is 3.40. The second-order valence-electron chi connectivity index (χ2n) is 4.51. The van der Waals surface area contributed by atoms with Crippen LogP contribution in [-0.2, 0) is 6.54 Å². The minimum atomic E-state index is -1.07. The molecule has 0 aliphatic carbocycles. The number of amides is 2. The van der Waals surface area contributed by atoms with Gasteiger partial charge in [-0.3, -0.25) is 0 Å². The monoisotopic (exact) mass is 354 g/mol. The zero-order valence-electron chi connectivity index (χ0n) is 11.2. The summed E-state index contributed by atoms with van der Waals surface area (Å²) < 4.78 is 27.5. The van der Waals surface area contributed by atoms with Crippen LogP contribution in [-0.4, -0.2) is 18.0 Å². The van der Waals surface area contributed by atoms with E-state index in [2.05, 4.69) is 21.2 Å². The molecule has 2 amide bonds. The maximum Gasteiger partial charge on any atom is 0.321 e. The summed E-state index contributed by atoms with van der Waals surface area (Å²) in [5, 5.41) is 2.35. The lowest BCUT2D eigenvalue weighted by Crippen LogP contribution is -2.31. The molecule has 21 heavy (non-hydrogen) atoms. The third kappa shape index (κ3) is 4.01. The number of anilines is 1. The Labute approximate surface area is 129 Å². The number of nitrogens with one attached hydrogen (secondary N) is 1. The van der Waals surface area contributed by atoms with E-state index in [-0.39, 0.29) is 5.69 Å². The Morgan fingerprint density at radius 1 is 1.19 bits per heavy atom. The molecule has 2 aromatic carbocycles. The molecule has 6 heteroatoms. The number of halogens is 3. The van der Waals surface area contributed by atoms with Crippen molar-refractivity contribution in [1.82, 2.24) is 4.90 Å². The second-order valence-corrected chi connectivity index (χ2v) is 5.43. The lowest BCUT2D eigenvalue weighted by Gasteiger charge is -2.18. The molecular formula is C15H13BrF2N2O. The number of hydrogen-bond acceptors (Lipinski definition) is 1. The number of rotatable bonds is 3. The lowest BCUT2D eigenvalue weighted by atomic mass is 10.2. The van der Waals surface area contributed by atoms with Gasteiger partial charge in [-0.25, -0.2) is 13.6 Å². The van der Waals surface area contributed by atoms with E-state index in [4.69, 9.17) is 0 Å². The summed E-state index contributed by atoms with van der Waals surface area (Å²) in [6, 6.07) is 10.6. The third-order valence-electron chi connectivity index (χ3n) is 2.87. The Kier molecular flexibility index (Phi) is 4.90. The molecular weight excluding hydrogens is 342 g/mol. The van der Waals surface area contributed by atoms with Crippen molar-refractivity contribution >= 4 is 27.6 Å². The van der Waals surface area contributed by atoms with Crippen LogP contribution in [0.25, 0.3) is 0 Å². The van der Waals surface area contributed by atoms with Gasteiger partial charge in [0.2, 0.25) is 0 Å². The quantitative estimate of drug-likeness (QED) is 0.870. The molecule has 1 N–H and O–H groups in total. The summed E-state index contributed by atoms with van der Waals surface area (Å²) in [7, 11) is 1.58. The highest BCUT2D eigenvalue weighted by atomic mass is 79.9. The Morgan fingerprint density at radius 3 is 2.52 bits per heavy atom. The van der Waals surface area contributed by atoms with Gasteiger partial charge in [-0.15, -0.1) is 0 Å². The highest BCUT2D eigenvalue weighted by molar-refractivity contribution is 9.10. The van der Waals surface area contributed by atoms with Gasteiger partial charge in [0.05, 0.1) is 5.69 Å². The van der Waals surface area contributed by atoms with Gasteiger partial charge in [0.25, 0.3) is 0 Å². The summed E-state index contributed by atoms with van der Waals surface area (Å²) in [6.07, 6.45) is 0. The Morgan fingerprint density at radius 2 is 1.86 bits per heavy atom. The van der Waals surface area contributed by atoms with Crippen molar-refractivity contribution in [2.24, 2.45) is 0 Å². The molecule has 3 nitrogen and oxygen atoms in total. The van der Waals surface area contributed by atoms with Crippen molar-refractivity contribution < 1.29 is 13.6 Å². The maximum absolute atomic E-state index is 13.5. The molecule has 2 rings (SSSR count). The molecule has 0 bridgehead atoms. The summed E-state index contributed by atoms with van der Waals surface area (Å²) in [5.41, 5.74) is 0.748. The molecule has 0 atom stereocenters. The van der Waals surface area contributed by atoms with Crippen molar-refractivity contribution in [2.45, 2.75) is 6.54 Å². The average Bonchev–Trinajstić information content (AvgIpc) is 2.46. The maximum atomic E-state index is 13.5. The predicted octanol–water partition coefficient (Wildman–Crippen LogP) is 4.39. The first-order valence-electron chi connectivity index (χ1n) is 6.18. The van der Waals surface area contributed by atoms with Crippen LogP contribution in [0.2, 0.25) is 0 Å². The van der Waals surface area contributed by atoms with E-state index in [0.717, 1.165) is 16.1 Å². The van der Waals surface area contributed by atoms with Crippen LogP contribution < -0.4 is 5.32 Å². The molecule has 0 saturated carbocycles. The van der Waals surface area contributed by atoms with Crippen molar-refractivity contribution in [1.29, 1.82) is 0 Å². The van der Waals surface area contributed by atoms with Crippen LogP contribution in [0.15, 0.2) is 46.9 Å². The van der Waals surface area contributed by atoms with E-state index >= 15 is 0 Å². The van der Waals surface area contributed by atoms with Crippen LogP contribution in [0.3, 0.4) is 0 Å². The Bertz CT molecular complexity index is 647. The van der Waals surface area contributed by atoms with Crippen LogP contribution in [0, 0.1) is 11.6 Å². The average molecular weight is 355 g/mol. The number of urea groups is 1. The lowest BCUT2D eigenvalue weighted by molar-refractivity contribution is 0.220. The van der Waals surface area contributed by atoms with Gasteiger partial charge >= 0.3 is 6.03 Å². The van der Waals surface area contributed by atoms with Gasteiger partial charge in [-0.1, -0.05) is 34.1 Å². The molecule has 0 aliphatic rings. The fourth-order valence-corrected chi connectivity index (χ4v) is 2.01. The van der Waals surface area contributed by atoms with Gasteiger partial charge in [0, 0.05) is 18.1 Å². The van der Waals surface area contributed by atoms with Gasteiger partial charge < -0.3 is 10.2 Å². The highest BCUT2D eigenvalue weighted by Gasteiger charge is 2.13. The van der Waals surface area contributed by atoms with Crippen molar-refractivity contribution in [3.63, 3.8) is 0 Å². The first-order chi connectivity index (χ1) is 9.97. The van der Waals surface area contributed by atoms with Crippen LogP contribution in [0.1, 0.15) is 5.56 Å². The van der Waals surface area contributed by atoms with Crippen molar-refractivity contribution in [3.8, 4) is 0 Å². The number of carbonyl (C=O) groups is 1. The number of hydrogen-bond donors (Lipinski definition) is 1. The summed E-state index contributed by atoms with van der Waals surface area (Å²) in [5.74, 6) is -2.06. The van der Waals surface area contributed by atoms with E-state index in [0.29, 0.717) is 6.54 Å². The normalized spacial score (nSPS) is 10.3. The molecule has 0 heterocycles. The van der Waals surface area contributed by atoms with E-state index in [1.54, 1.807) is 7.05 Å². The minimum Gasteiger partial charge on any atom is -0.323 e. The van der Waals surface area contributed by atoms with E-state index in [1.165, 1.54) is 17.0 Å². The van der Waals surface area contributed by atoms with E-state index < -0.39 is 17.7 Å². The molecule has 0 saturated heterocycles. The Hall–Kier alpha value is -1.95. The van der Waals surface area contributed by atoms with Gasteiger partial charge in [0.15, 0.2) is 11.6 Å². The van der Waals surface area contributed by atoms with Gasteiger partial charge in [-0.2, -0.15) is 0 Å². The Balaban J connectivity index is 2.02. The highest BCUT2D eigenvalue weighted by Crippen LogP contribution is 2.17. The fraction of sp³-hybridized carbons (Fsp3) is 0.133. The SMILES string of the molecule is CN(Cc1ccc(Br)cc1)C(=O)Nc1cccc(F)c1F. The standard InChI is InChI=1S/C15H13BrF2N2O/c1-20(9-10-5-7-11(16)8-6-10)15(21)19-13-4-2-3-12(17)14(13)18/h2-8H,9H2,1H3,(H,19,21). The summed E-state index contributed by atoms with van der Waals surface area (Å²) >= 11 is 3.33. The smallest absolute Gasteiger partial charge is 0.321 e.